The molecular weight excluding hydrogens is 502 g/mol. The first-order valence-electron chi connectivity index (χ1n) is 12.2. The minimum absolute atomic E-state index is 0.106. The first kappa shape index (κ1) is 27.1. The molecule has 1 atom stereocenters. The highest BCUT2D eigenvalue weighted by atomic mass is 16.5. The summed E-state index contributed by atoms with van der Waals surface area (Å²) < 4.78 is 10.8. The van der Waals surface area contributed by atoms with E-state index in [0.29, 0.717) is 54.4 Å². The van der Waals surface area contributed by atoms with E-state index in [0.717, 1.165) is 0 Å². The number of ether oxygens (including phenoxy) is 2. The highest BCUT2D eigenvalue weighted by Gasteiger charge is 2.25. The molecule has 3 aromatic rings. The zero-order valence-corrected chi connectivity index (χ0v) is 21.1. The number of hydrogen-bond donors (Lipinski definition) is 5. The topological polar surface area (TPSA) is 167 Å². The van der Waals surface area contributed by atoms with Crippen molar-refractivity contribution in [2.75, 3.05) is 43.5 Å². The molecular formula is C28H29N5O6. The zero-order chi connectivity index (χ0) is 27.8. The summed E-state index contributed by atoms with van der Waals surface area (Å²) in [6.45, 7) is 1.48. The number of nitrogens with two attached hydrogens (primary N) is 1. The van der Waals surface area contributed by atoms with E-state index in [2.05, 4.69) is 10.6 Å². The van der Waals surface area contributed by atoms with Crippen LogP contribution in [0.1, 0.15) is 27.5 Å². The van der Waals surface area contributed by atoms with Crippen molar-refractivity contribution in [3.05, 3.63) is 89.5 Å². The lowest BCUT2D eigenvalue weighted by Gasteiger charge is -2.27. The number of nitrogen functional groups attached to an aromatic ring is 1. The van der Waals surface area contributed by atoms with Crippen molar-refractivity contribution in [2.45, 2.75) is 6.04 Å². The lowest BCUT2D eigenvalue weighted by molar-refractivity contribution is -0.139. The third kappa shape index (κ3) is 7.11. The summed E-state index contributed by atoms with van der Waals surface area (Å²) in [5.41, 5.74) is 7.98. The molecule has 202 valence electrons. The van der Waals surface area contributed by atoms with Crippen LogP contribution in [-0.2, 0) is 14.3 Å². The maximum Gasteiger partial charge on any atom is 0.341 e. The van der Waals surface area contributed by atoms with Crippen molar-refractivity contribution >= 4 is 35.0 Å². The van der Waals surface area contributed by atoms with Gasteiger partial charge >= 0.3 is 5.97 Å². The molecule has 1 unspecified atom stereocenters. The minimum Gasteiger partial charge on any atom is -0.482 e. The van der Waals surface area contributed by atoms with Crippen LogP contribution in [0.15, 0.2) is 72.8 Å². The molecule has 0 aromatic heterocycles. The van der Waals surface area contributed by atoms with E-state index in [-0.39, 0.29) is 17.5 Å². The van der Waals surface area contributed by atoms with E-state index in [4.69, 9.17) is 25.7 Å². The summed E-state index contributed by atoms with van der Waals surface area (Å²) in [5.74, 6) is -1.62. The van der Waals surface area contributed by atoms with Gasteiger partial charge in [0.1, 0.15) is 17.6 Å². The van der Waals surface area contributed by atoms with Crippen LogP contribution in [0.3, 0.4) is 0 Å². The molecule has 11 heteroatoms. The zero-order valence-electron chi connectivity index (χ0n) is 21.1. The van der Waals surface area contributed by atoms with Crippen LogP contribution in [0.5, 0.6) is 5.75 Å². The summed E-state index contributed by atoms with van der Waals surface area (Å²) in [7, 11) is 0. The second-order valence-electron chi connectivity index (χ2n) is 8.76. The third-order valence-electron chi connectivity index (χ3n) is 6.03. The highest BCUT2D eigenvalue weighted by Crippen LogP contribution is 2.30. The molecule has 1 fully saturated rings. The second-order valence-corrected chi connectivity index (χ2v) is 8.76. The normalized spacial score (nSPS) is 13.7. The summed E-state index contributed by atoms with van der Waals surface area (Å²) in [5, 5.41) is 22.8. The van der Waals surface area contributed by atoms with Gasteiger partial charge in [-0.3, -0.25) is 15.0 Å². The molecule has 11 nitrogen and oxygen atoms in total. The Balaban J connectivity index is 1.58. The summed E-state index contributed by atoms with van der Waals surface area (Å²) in [4.78, 5) is 39.2. The van der Waals surface area contributed by atoms with Crippen LogP contribution in [0, 0.1) is 5.41 Å². The van der Waals surface area contributed by atoms with Crippen LogP contribution in [0.4, 0.5) is 11.4 Å². The van der Waals surface area contributed by atoms with Crippen LogP contribution in [0.25, 0.3) is 0 Å². The van der Waals surface area contributed by atoms with Crippen molar-refractivity contribution < 1.29 is 29.0 Å². The molecule has 3 aromatic carbocycles. The Bertz CT molecular complexity index is 1350. The number of carbonyl (C=O) groups is 3. The average molecular weight is 532 g/mol. The number of hydrogen-bond acceptors (Lipinski definition) is 7. The molecule has 6 N–H and O–H groups in total. The van der Waals surface area contributed by atoms with Gasteiger partial charge in [-0.25, -0.2) is 4.79 Å². The molecule has 39 heavy (non-hydrogen) atoms. The number of carboxylic acids is 1. The predicted octanol–water partition coefficient (Wildman–Crippen LogP) is 2.70. The van der Waals surface area contributed by atoms with Gasteiger partial charge < -0.3 is 35.8 Å². The number of amidine groups is 1. The molecule has 0 aliphatic carbocycles. The van der Waals surface area contributed by atoms with Gasteiger partial charge in [0.25, 0.3) is 11.8 Å². The van der Waals surface area contributed by atoms with Crippen molar-refractivity contribution in [3.8, 4) is 5.75 Å². The average Bonchev–Trinajstić information content (AvgIpc) is 2.95. The van der Waals surface area contributed by atoms with Crippen LogP contribution >= 0.6 is 0 Å². The number of anilines is 2. The molecule has 0 bridgehead atoms. The number of morpholine rings is 1. The van der Waals surface area contributed by atoms with Crippen molar-refractivity contribution in [3.63, 3.8) is 0 Å². The molecule has 0 saturated carbocycles. The van der Waals surface area contributed by atoms with E-state index in [9.17, 15) is 14.4 Å². The Morgan fingerprint density at radius 1 is 0.974 bits per heavy atom. The molecule has 2 amide bonds. The summed E-state index contributed by atoms with van der Waals surface area (Å²) >= 11 is 0. The van der Waals surface area contributed by atoms with Gasteiger partial charge in [0.2, 0.25) is 0 Å². The van der Waals surface area contributed by atoms with Gasteiger partial charge in [-0.2, -0.15) is 0 Å². The van der Waals surface area contributed by atoms with Gasteiger partial charge in [0, 0.05) is 41.2 Å². The lowest BCUT2D eigenvalue weighted by atomic mass is 10.0. The molecule has 0 spiro atoms. The number of nitrogens with one attached hydrogen (secondary N) is 3. The van der Waals surface area contributed by atoms with Gasteiger partial charge in [0.05, 0.1) is 13.2 Å². The number of amides is 2. The minimum atomic E-state index is -1.15. The third-order valence-corrected chi connectivity index (χ3v) is 6.03. The van der Waals surface area contributed by atoms with Gasteiger partial charge in [-0.15, -0.1) is 0 Å². The molecule has 0 radical (unpaired) electrons. The molecule has 4 rings (SSSR count). The van der Waals surface area contributed by atoms with Gasteiger partial charge in [0.15, 0.2) is 6.61 Å². The molecule has 1 aliphatic heterocycles. The summed E-state index contributed by atoms with van der Waals surface area (Å²) in [6.07, 6.45) is 0. The van der Waals surface area contributed by atoms with Crippen LogP contribution < -0.4 is 21.1 Å². The van der Waals surface area contributed by atoms with Gasteiger partial charge in [-0.1, -0.05) is 30.3 Å². The number of aliphatic carboxylic acids is 1. The number of rotatable bonds is 10. The van der Waals surface area contributed by atoms with Crippen molar-refractivity contribution in [2.24, 2.45) is 5.73 Å². The second kappa shape index (κ2) is 12.6. The quantitative estimate of drug-likeness (QED) is 0.197. The maximum absolute atomic E-state index is 13.6. The van der Waals surface area contributed by atoms with E-state index in [1.165, 1.54) is 0 Å². The number of nitrogens with zero attached hydrogens (tertiary/aromatic N) is 1. The Morgan fingerprint density at radius 2 is 1.69 bits per heavy atom. The Hall–Kier alpha value is -4.90. The van der Waals surface area contributed by atoms with Crippen LogP contribution in [-0.4, -0.2) is 66.5 Å². The summed E-state index contributed by atoms with van der Waals surface area (Å²) in [6, 6.07) is 18.9. The number of carbonyl (C=O) groups excluding carboxylic acids is 2. The van der Waals surface area contributed by atoms with Crippen molar-refractivity contribution in [1.29, 1.82) is 5.41 Å². The number of benzene rings is 3. The predicted molar refractivity (Wildman–Crippen MR) is 145 cm³/mol. The fourth-order valence-corrected chi connectivity index (χ4v) is 4.08. The van der Waals surface area contributed by atoms with Crippen molar-refractivity contribution in [1.82, 2.24) is 4.90 Å². The number of carboxylic acid groups (broad SMARTS) is 1. The largest absolute Gasteiger partial charge is 0.482 e. The van der Waals surface area contributed by atoms with E-state index in [1.54, 1.807) is 77.7 Å². The first-order chi connectivity index (χ1) is 18.8. The maximum atomic E-state index is 13.6. The SMILES string of the molecule is N=C(N)c1cccc(NC(C(=O)Nc2ccc(C(=O)N3CCOCC3)cc2)c2ccccc2OCC(=O)O)c1. The van der Waals surface area contributed by atoms with E-state index >= 15 is 0 Å². The van der Waals surface area contributed by atoms with Crippen LogP contribution in [0.2, 0.25) is 0 Å². The first-order valence-corrected chi connectivity index (χ1v) is 12.2. The fraction of sp³-hybridized carbons (Fsp3) is 0.214. The Kier molecular flexibility index (Phi) is 8.75. The fourth-order valence-electron chi connectivity index (χ4n) is 4.08. The standard InChI is InChI=1S/C28H29N5O6/c29-26(30)19-4-3-5-21(16-19)31-25(22-6-1-2-7-23(22)39-17-24(34)35)27(36)32-20-10-8-18(9-11-20)28(37)33-12-14-38-15-13-33/h1-11,16,25,31H,12-15,17H2,(H3,29,30)(H,32,36)(H,34,35). The Morgan fingerprint density at radius 3 is 2.38 bits per heavy atom. The molecule has 1 aliphatic rings. The highest BCUT2D eigenvalue weighted by molar-refractivity contribution is 6.00. The van der Waals surface area contributed by atoms with Gasteiger partial charge in [-0.05, 0) is 42.5 Å². The Labute approximate surface area is 225 Å². The smallest absolute Gasteiger partial charge is 0.341 e. The number of para-hydroxylation sites is 1. The lowest BCUT2D eigenvalue weighted by Crippen LogP contribution is -2.40. The monoisotopic (exact) mass is 531 g/mol. The van der Waals surface area contributed by atoms with E-state index < -0.39 is 24.5 Å². The molecule has 1 saturated heterocycles. The van der Waals surface area contributed by atoms with E-state index in [1.807, 2.05) is 0 Å². The molecule has 1 heterocycles.